The summed E-state index contributed by atoms with van der Waals surface area (Å²) < 4.78 is 36.5. The largest absolute Gasteiger partial charge is 0.456 e. The fraction of sp³-hybridized carbons (Fsp3) is 0.214. The fourth-order valence-corrected chi connectivity index (χ4v) is 1.69. The number of Topliss-reactive ketones (excluding diaryl/α,β-unsaturated/α-hetero) is 1. The molecule has 0 radical (unpaired) electrons. The summed E-state index contributed by atoms with van der Waals surface area (Å²) in [5.74, 6) is -1.77. The number of methoxy groups -OCH3 is 1. The molecule has 19 heavy (non-hydrogen) atoms. The highest BCUT2D eigenvalue weighted by molar-refractivity contribution is 5.95. The molecule has 0 fully saturated rings. The SMILES string of the molecule is COCc1ccc(C(=O)Cc2cccc(F)c2F)o1. The number of ether oxygens (including phenoxy) is 1. The molecule has 0 aliphatic rings. The van der Waals surface area contributed by atoms with Crippen molar-refractivity contribution in [2.24, 2.45) is 0 Å². The second-order valence-electron chi connectivity index (χ2n) is 4.01. The van der Waals surface area contributed by atoms with Crippen LogP contribution < -0.4 is 0 Å². The maximum absolute atomic E-state index is 13.4. The van der Waals surface area contributed by atoms with E-state index in [-0.39, 0.29) is 24.4 Å². The van der Waals surface area contributed by atoms with E-state index in [1.165, 1.54) is 25.3 Å². The lowest BCUT2D eigenvalue weighted by atomic mass is 10.1. The van der Waals surface area contributed by atoms with E-state index in [0.29, 0.717) is 5.76 Å². The Labute approximate surface area is 108 Å². The van der Waals surface area contributed by atoms with E-state index in [2.05, 4.69) is 0 Å². The predicted molar refractivity (Wildman–Crippen MR) is 63.8 cm³/mol. The molecule has 0 unspecified atom stereocenters. The molecule has 0 N–H and O–H groups in total. The van der Waals surface area contributed by atoms with Crippen LogP contribution in [0, 0.1) is 11.6 Å². The van der Waals surface area contributed by atoms with Gasteiger partial charge < -0.3 is 9.15 Å². The third-order valence-corrected chi connectivity index (χ3v) is 2.61. The van der Waals surface area contributed by atoms with Crippen molar-refractivity contribution in [3.63, 3.8) is 0 Å². The number of hydrogen-bond acceptors (Lipinski definition) is 3. The van der Waals surface area contributed by atoms with E-state index in [4.69, 9.17) is 9.15 Å². The third-order valence-electron chi connectivity index (χ3n) is 2.61. The Morgan fingerprint density at radius 1 is 1.26 bits per heavy atom. The molecule has 0 aliphatic heterocycles. The van der Waals surface area contributed by atoms with Crippen molar-refractivity contribution in [2.75, 3.05) is 7.11 Å². The standard InChI is InChI=1S/C14H12F2O3/c1-18-8-10-5-6-13(19-10)12(17)7-9-3-2-4-11(15)14(9)16/h2-6H,7-8H2,1H3. The molecule has 2 rings (SSSR count). The lowest BCUT2D eigenvalue weighted by Crippen LogP contribution is -2.05. The van der Waals surface area contributed by atoms with Gasteiger partial charge in [0.1, 0.15) is 12.4 Å². The van der Waals surface area contributed by atoms with Gasteiger partial charge in [0.15, 0.2) is 17.4 Å². The van der Waals surface area contributed by atoms with Crippen molar-refractivity contribution < 1.29 is 22.7 Å². The zero-order valence-electron chi connectivity index (χ0n) is 10.3. The van der Waals surface area contributed by atoms with Gasteiger partial charge in [-0.1, -0.05) is 12.1 Å². The molecule has 2 aromatic rings. The molecule has 100 valence electrons. The van der Waals surface area contributed by atoms with Crippen molar-refractivity contribution in [2.45, 2.75) is 13.0 Å². The lowest BCUT2D eigenvalue weighted by Gasteiger charge is -2.02. The summed E-state index contributed by atoms with van der Waals surface area (Å²) in [6.45, 7) is 0.252. The van der Waals surface area contributed by atoms with Crippen molar-refractivity contribution in [1.29, 1.82) is 0 Å². The second kappa shape index (κ2) is 5.75. The zero-order valence-corrected chi connectivity index (χ0v) is 10.3. The minimum atomic E-state index is -1.00. The molecule has 0 saturated carbocycles. The maximum Gasteiger partial charge on any atom is 0.202 e. The van der Waals surface area contributed by atoms with E-state index in [1.807, 2.05) is 0 Å². The van der Waals surface area contributed by atoms with E-state index >= 15 is 0 Å². The van der Waals surface area contributed by atoms with E-state index in [1.54, 1.807) is 6.07 Å². The Balaban J connectivity index is 2.14. The fourth-order valence-electron chi connectivity index (χ4n) is 1.69. The molecule has 1 aromatic carbocycles. The third kappa shape index (κ3) is 3.06. The van der Waals surface area contributed by atoms with Crippen LogP contribution in [-0.2, 0) is 17.8 Å². The molecule has 3 nitrogen and oxygen atoms in total. The molecule has 0 saturated heterocycles. The zero-order chi connectivity index (χ0) is 13.8. The first-order valence-electron chi connectivity index (χ1n) is 5.65. The number of rotatable bonds is 5. The van der Waals surface area contributed by atoms with Gasteiger partial charge in [-0.3, -0.25) is 4.79 Å². The van der Waals surface area contributed by atoms with Crippen LogP contribution in [0.3, 0.4) is 0 Å². The minimum absolute atomic E-state index is 0.00897. The van der Waals surface area contributed by atoms with E-state index in [0.717, 1.165) is 6.07 Å². The van der Waals surface area contributed by atoms with Crippen LogP contribution in [0.2, 0.25) is 0 Å². The molecule has 0 spiro atoms. The van der Waals surface area contributed by atoms with Gasteiger partial charge >= 0.3 is 0 Å². The Kier molecular flexibility index (Phi) is 4.06. The van der Waals surface area contributed by atoms with Crippen LogP contribution in [0.15, 0.2) is 34.7 Å². The van der Waals surface area contributed by atoms with Crippen LogP contribution in [0.5, 0.6) is 0 Å². The number of ketones is 1. The van der Waals surface area contributed by atoms with Gasteiger partial charge in [0.25, 0.3) is 0 Å². The number of halogens is 2. The van der Waals surface area contributed by atoms with Gasteiger partial charge in [-0.15, -0.1) is 0 Å². The number of hydrogen-bond donors (Lipinski definition) is 0. The highest BCUT2D eigenvalue weighted by Crippen LogP contribution is 2.16. The summed E-state index contributed by atoms with van der Waals surface area (Å²) in [6.07, 6.45) is -0.246. The Morgan fingerprint density at radius 3 is 2.79 bits per heavy atom. The van der Waals surface area contributed by atoms with Crippen LogP contribution >= 0.6 is 0 Å². The monoisotopic (exact) mass is 266 g/mol. The quantitative estimate of drug-likeness (QED) is 0.780. The number of carbonyl (C=O) groups is 1. The summed E-state index contributed by atoms with van der Waals surface area (Å²) in [5.41, 5.74) is 0.00897. The predicted octanol–water partition coefficient (Wildman–Crippen LogP) is 3.13. The van der Waals surface area contributed by atoms with Crippen molar-refractivity contribution >= 4 is 5.78 Å². The maximum atomic E-state index is 13.4. The first-order valence-corrected chi connectivity index (χ1v) is 5.65. The minimum Gasteiger partial charge on any atom is -0.456 e. The summed E-state index contributed by atoms with van der Waals surface area (Å²) in [4.78, 5) is 11.9. The van der Waals surface area contributed by atoms with Crippen molar-refractivity contribution in [1.82, 2.24) is 0 Å². The number of benzene rings is 1. The van der Waals surface area contributed by atoms with Gasteiger partial charge in [-0.2, -0.15) is 0 Å². The molecular formula is C14H12F2O3. The normalized spacial score (nSPS) is 10.7. The Bertz CT molecular complexity index is 590. The van der Waals surface area contributed by atoms with Crippen LogP contribution in [0.1, 0.15) is 21.9 Å². The van der Waals surface area contributed by atoms with Gasteiger partial charge in [-0.25, -0.2) is 8.78 Å². The number of furan rings is 1. The molecule has 1 aromatic heterocycles. The second-order valence-corrected chi connectivity index (χ2v) is 4.01. The summed E-state index contributed by atoms with van der Waals surface area (Å²) in [5, 5.41) is 0. The average molecular weight is 266 g/mol. The van der Waals surface area contributed by atoms with Gasteiger partial charge in [0.05, 0.1) is 0 Å². The van der Waals surface area contributed by atoms with Gasteiger partial charge in [0, 0.05) is 13.5 Å². The molecular weight excluding hydrogens is 254 g/mol. The molecule has 0 atom stereocenters. The van der Waals surface area contributed by atoms with Gasteiger partial charge in [-0.05, 0) is 23.8 Å². The summed E-state index contributed by atoms with van der Waals surface area (Å²) in [6, 6.07) is 6.84. The summed E-state index contributed by atoms with van der Waals surface area (Å²) in [7, 11) is 1.51. The highest BCUT2D eigenvalue weighted by atomic mass is 19.2. The molecule has 5 heteroatoms. The average Bonchev–Trinajstić information content (AvgIpc) is 2.84. The lowest BCUT2D eigenvalue weighted by molar-refractivity contribution is 0.0956. The van der Waals surface area contributed by atoms with Crippen molar-refractivity contribution in [3.05, 3.63) is 59.1 Å². The van der Waals surface area contributed by atoms with Crippen molar-refractivity contribution in [3.8, 4) is 0 Å². The topological polar surface area (TPSA) is 39.4 Å². The Morgan fingerprint density at radius 2 is 2.05 bits per heavy atom. The van der Waals surface area contributed by atoms with E-state index in [9.17, 15) is 13.6 Å². The van der Waals surface area contributed by atoms with Crippen LogP contribution in [0.25, 0.3) is 0 Å². The number of carbonyl (C=O) groups excluding carboxylic acids is 1. The van der Waals surface area contributed by atoms with Crippen LogP contribution in [-0.4, -0.2) is 12.9 Å². The van der Waals surface area contributed by atoms with Crippen LogP contribution in [0.4, 0.5) is 8.78 Å². The highest BCUT2D eigenvalue weighted by Gasteiger charge is 2.16. The van der Waals surface area contributed by atoms with E-state index < -0.39 is 17.4 Å². The smallest absolute Gasteiger partial charge is 0.202 e. The Hall–Kier alpha value is -2.01. The first kappa shape index (κ1) is 13.4. The molecule has 0 bridgehead atoms. The molecule has 0 amide bonds. The van der Waals surface area contributed by atoms with Gasteiger partial charge in [0.2, 0.25) is 5.78 Å². The summed E-state index contributed by atoms with van der Waals surface area (Å²) >= 11 is 0. The molecule has 1 heterocycles. The first-order chi connectivity index (χ1) is 9.11. The molecule has 0 aliphatic carbocycles.